The van der Waals surface area contributed by atoms with Gasteiger partial charge in [0.25, 0.3) is 5.91 Å². The number of nitrogen functional groups attached to an aromatic ring is 1. The van der Waals surface area contributed by atoms with Crippen molar-refractivity contribution in [3.05, 3.63) is 29.3 Å². The first-order valence-electron chi connectivity index (χ1n) is 5.35. The molecule has 0 spiro atoms. The number of benzene rings is 1. The highest BCUT2D eigenvalue weighted by Gasteiger charge is 2.19. The molecule has 1 amide bonds. The van der Waals surface area contributed by atoms with Crippen LogP contribution in [-0.2, 0) is 4.79 Å². The molecule has 1 aromatic carbocycles. The zero-order valence-corrected chi connectivity index (χ0v) is 9.86. The summed E-state index contributed by atoms with van der Waals surface area (Å²) >= 11 is 0. The lowest BCUT2D eigenvalue weighted by Gasteiger charge is -2.13. The summed E-state index contributed by atoms with van der Waals surface area (Å²) in [6.07, 6.45) is 0.326. The standard InChI is InChI=1S/C12H16N2O3/c1-3-10(12(16)17)14-11(15)8-6-7(2)4-5-9(8)13/h4-6,10H,3,13H2,1-2H3,(H,14,15)(H,16,17). The summed E-state index contributed by atoms with van der Waals surface area (Å²) in [5, 5.41) is 11.3. The van der Waals surface area contributed by atoms with Crippen molar-refractivity contribution < 1.29 is 14.7 Å². The van der Waals surface area contributed by atoms with E-state index in [1.165, 1.54) is 0 Å². The maximum absolute atomic E-state index is 11.8. The highest BCUT2D eigenvalue weighted by molar-refractivity contribution is 6.00. The first kappa shape index (κ1) is 13.0. The van der Waals surface area contributed by atoms with Crippen molar-refractivity contribution in [2.75, 3.05) is 5.73 Å². The van der Waals surface area contributed by atoms with Crippen LogP contribution in [0.1, 0.15) is 29.3 Å². The predicted molar refractivity (Wildman–Crippen MR) is 64.8 cm³/mol. The lowest BCUT2D eigenvalue weighted by molar-refractivity contribution is -0.139. The zero-order chi connectivity index (χ0) is 13.0. The van der Waals surface area contributed by atoms with Gasteiger partial charge in [-0.25, -0.2) is 4.79 Å². The third kappa shape index (κ3) is 3.21. The number of carbonyl (C=O) groups excluding carboxylic acids is 1. The summed E-state index contributed by atoms with van der Waals surface area (Å²) < 4.78 is 0. The van der Waals surface area contributed by atoms with Crippen LogP contribution in [0.2, 0.25) is 0 Å². The Morgan fingerprint density at radius 3 is 2.65 bits per heavy atom. The molecule has 0 aliphatic carbocycles. The molecule has 4 N–H and O–H groups in total. The number of amides is 1. The van der Waals surface area contributed by atoms with Gasteiger partial charge in [-0.15, -0.1) is 0 Å². The summed E-state index contributed by atoms with van der Waals surface area (Å²) in [4.78, 5) is 22.6. The number of anilines is 1. The van der Waals surface area contributed by atoms with Crippen LogP contribution in [0.3, 0.4) is 0 Å². The van der Waals surface area contributed by atoms with Crippen LogP contribution >= 0.6 is 0 Å². The Kier molecular flexibility index (Phi) is 4.09. The van der Waals surface area contributed by atoms with E-state index in [9.17, 15) is 9.59 Å². The average Bonchev–Trinajstić information content (AvgIpc) is 2.28. The van der Waals surface area contributed by atoms with E-state index < -0.39 is 17.9 Å². The normalized spacial score (nSPS) is 11.9. The smallest absolute Gasteiger partial charge is 0.326 e. The van der Waals surface area contributed by atoms with E-state index in [1.54, 1.807) is 25.1 Å². The molecule has 0 saturated carbocycles. The summed E-state index contributed by atoms with van der Waals surface area (Å²) in [6.45, 7) is 3.53. The molecular weight excluding hydrogens is 220 g/mol. The maximum atomic E-state index is 11.8. The van der Waals surface area contributed by atoms with Crippen LogP contribution in [0.5, 0.6) is 0 Å². The molecule has 0 aliphatic heterocycles. The number of hydrogen-bond acceptors (Lipinski definition) is 3. The van der Waals surface area contributed by atoms with Crippen molar-refractivity contribution in [1.29, 1.82) is 0 Å². The van der Waals surface area contributed by atoms with Crippen molar-refractivity contribution in [3.63, 3.8) is 0 Å². The number of nitrogens with one attached hydrogen (secondary N) is 1. The average molecular weight is 236 g/mol. The molecule has 92 valence electrons. The molecule has 0 bridgehead atoms. The Morgan fingerprint density at radius 1 is 1.47 bits per heavy atom. The third-order valence-corrected chi connectivity index (χ3v) is 2.47. The number of aliphatic carboxylic acids is 1. The lowest BCUT2D eigenvalue weighted by Crippen LogP contribution is -2.40. The number of carboxylic acids is 1. The van der Waals surface area contributed by atoms with Crippen molar-refractivity contribution in [3.8, 4) is 0 Å². The van der Waals surface area contributed by atoms with Crippen LogP contribution in [0.25, 0.3) is 0 Å². The largest absolute Gasteiger partial charge is 0.480 e. The number of rotatable bonds is 4. The number of nitrogens with two attached hydrogens (primary N) is 1. The molecule has 5 heteroatoms. The Hall–Kier alpha value is -2.04. The van der Waals surface area contributed by atoms with Crippen molar-refractivity contribution in [1.82, 2.24) is 5.32 Å². The highest BCUT2D eigenvalue weighted by Crippen LogP contribution is 2.13. The van der Waals surface area contributed by atoms with Gasteiger partial charge in [0.2, 0.25) is 0 Å². The summed E-state index contributed by atoms with van der Waals surface area (Å²) in [5.74, 6) is -1.51. The van der Waals surface area contributed by atoms with E-state index in [0.29, 0.717) is 17.7 Å². The zero-order valence-electron chi connectivity index (χ0n) is 9.86. The number of aryl methyl sites for hydroxylation is 1. The summed E-state index contributed by atoms with van der Waals surface area (Å²) in [6, 6.07) is 4.17. The maximum Gasteiger partial charge on any atom is 0.326 e. The molecule has 1 aromatic rings. The van der Waals surface area contributed by atoms with E-state index >= 15 is 0 Å². The van der Waals surface area contributed by atoms with Gasteiger partial charge in [0.05, 0.1) is 5.56 Å². The van der Waals surface area contributed by atoms with E-state index in [4.69, 9.17) is 10.8 Å². The second-order valence-electron chi connectivity index (χ2n) is 3.86. The second kappa shape index (κ2) is 5.34. The Bertz CT molecular complexity index is 443. The minimum absolute atomic E-state index is 0.310. The number of carbonyl (C=O) groups is 2. The summed E-state index contributed by atoms with van der Waals surface area (Å²) in [7, 11) is 0. The summed E-state index contributed by atoms with van der Waals surface area (Å²) in [5.41, 5.74) is 7.22. The van der Waals surface area contributed by atoms with Crippen LogP contribution in [0, 0.1) is 6.92 Å². The van der Waals surface area contributed by atoms with Gasteiger partial charge >= 0.3 is 5.97 Å². The van der Waals surface area contributed by atoms with Crippen LogP contribution in [-0.4, -0.2) is 23.0 Å². The van der Waals surface area contributed by atoms with Gasteiger partial charge in [0.1, 0.15) is 6.04 Å². The van der Waals surface area contributed by atoms with Gasteiger partial charge in [-0.3, -0.25) is 4.79 Å². The fourth-order valence-electron chi connectivity index (χ4n) is 1.44. The minimum Gasteiger partial charge on any atom is -0.480 e. The van der Waals surface area contributed by atoms with Gasteiger partial charge in [-0.1, -0.05) is 18.6 Å². The van der Waals surface area contributed by atoms with Gasteiger partial charge in [-0.2, -0.15) is 0 Å². The van der Waals surface area contributed by atoms with Crippen molar-refractivity contribution in [2.24, 2.45) is 0 Å². The molecule has 0 fully saturated rings. The Morgan fingerprint density at radius 2 is 2.12 bits per heavy atom. The molecule has 17 heavy (non-hydrogen) atoms. The first-order valence-corrected chi connectivity index (χ1v) is 5.35. The molecule has 0 radical (unpaired) electrons. The van der Waals surface area contributed by atoms with Gasteiger partial charge in [0.15, 0.2) is 0 Å². The van der Waals surface area contributed by atoms with Crippen LogP contribution < -0.4 is 11.1 Å². The monoisotopic (exact) mass is 236 g/mol. The number of hydrogen-bond donors (Lipinski definition) is 3. The van der Waals surface area contributed by atoms with E-state index in [2.05, 4.69) is 5.32 Å². The van der Waals surface area contributed by atoms with Crippen molar-refractivity contribution >= 4 is 17.6 Å². The molecule has 0 aromatic heterocycles. The van der Waals surface area contributed by atoms with Gasteiger partial charge in [0, 0.05) is 5.69 Å². The number of carboxylic acid groups (broad SMARTS) is 1. The molecular formula is C12H16N2O3. The molecule has 1 atom stereocenters. The minimum atomic E-state index is -1.05. The SMILES string of the molecule is CCC(NC(=O)c1cc(C)ccc1N)C(=O)O. The quantitative estimate of drug-likeness (QED) is 0.684. The van der Waals surface area contributed by atoms with Crippen LogP contribution in [0.15, 0.2) is 18.2 Å². The molecule has 5 nitrogen and oxygen atoms in total. The first-order chi connectivity index (χ1) is 7.95. The third-order valence-electron chi connectivity index (χ3n) is 2.47. The molecule has 1 unspecified atom stereocenters. The molecule has 0 aliphatic rings. The second-order valence-corrected chi connectivity index (χ2v) is 3.86. The fourth-order valence-corrected chi connectivity index (χ4v) is 1.44. The van der Waals surface area contributed by atoms with E-state index in [0.717, 1.165) is 5.56 Å². The topological polar surface area (TPSA) is 92.4 Å². The molecule has 1 rings (SSSR count). The lowest BCUT2D eigenvalue weighted by atomic mass is 10.1. The Balaban J connectivity index is 2.89. The van der Waals surface area contributed by atoms with Gasteiger partial charge < -0.3 is 16.2 Å². The Labute approximate surface area is 99.6 Å². The van der Waals surface area contributed by atoms with E-state index in [1.807, 2.05) is 6.92 Å². The molecule has 0 heterocycles. The van der Waals surface area contributed by atoms with Crippen LogP contribution in [0.4, 0.5) is 5.69 Å². The van der Waals surface area contributed by atoms with Gasteiger partial charge in [-0.05, 0) is 25.5 Å². The fraction of sp³-hybridized carbons (Fsp3) is 0.333. The van der Waals surface area contributed by atoms with Crippen molar-refractivity contribution in [2.45, 2.75) is 26.3 Å². The predicted octanol–water partition coefficient (Wildman–Crippen LogP) is 1.17. The molecule has 0 saturated heterocycles. The highest BCUT2D eigenvalue weighted by atomic mass is 16.4. The van der Waals surface area contributed by atoms with E-state index in [-0.39, 0.29) is 0 Å².